The van der Waals surface area contributed by atoms with Crippen LogP contribution in [0.15, 0.2) is 12.2 Å². The van der Waals surface area contributed by atoms with E-state index in [1.54, 1.807) is 6.08 Å². The minimum Gasteiger partial charge on any atom is -0.372 e. The zero-order valence-corrected chi connectivity index (χ0v) is 13.5. The molecule has 1 N–H and O–H groups in total. The van der Waals surface area contributed by atoms with Crippen molar-refractivity contribution in [1.82, 2.24) is 15.1 Å². The zero-order chi connectivity index (χ0) is 15.8. The Labute approximate surface area is 127 Å². The van der Waals surface area contributed by atoms with Gasteiger partial charge in [-0.05, 0) is 27.9 Å². The number of ether oxygens (including phenoxy) is 1. The maximum Gasteiger partial charge on any atom is 0.243 e. The summed E-state index contributed by atoms with van der Waals surface area (Å²) in [6, 6.07) is 0. The van der Waals surface area contributed by atoms with Crippen molar-refractivity contribution in [2.24, 2.45) is 0 Å². The van der Waals surface area contributed by atoms with Gasteiger partial charge in [-0.1, -0.05) is 6.08 Å². The lowest BCUT2D eigenvalue weighted by Gasteiger charge is -2.35. The smallest absolute Gasteiger partial charge is 0.243 e. The van der Waals surface area contributed by atoms with Gasteiger partial charge in [0.15, 0.2) is 0 Å². The fourth-order valence-corrected chi connectivity index (χ4v) is 2.26. The zero-order valence-electron chi connectivity index (χ0n) is 13.5. The Bertz CT molecular complexity index is 372. The molecule has 0 aliphatic carbocycles. The van der Waals surface area contributed by atoms with Crippen molar-refractivity contribution in [3.8, 4) is 0 Å². The second-order valence-electron chi connectivity index (χ2n) is 5.76. The summed E-state index contributed by atoms with van der Waals surface area (Å²) in [5.41, 5.74) is 0. The SMILES string of the molecule is C[C@@H]1CN(C(=O)CCNC(=O)/C=C/CN(C)C)C[C@H](C)O1. The molecule has 2 atom stereocenters. The molecule has 2 amide bonds. The van der Waals surface area contributed by atoms with E-state index in [0.717, 1.165) is 6.54 Å². The first-order valence-corrected chi connectivity index (χ1v) is 7.40. The second kappa shape index (κ2) is 8.79. The first-order valence-electron chi connectivity index (χ1n) is 7.40. The quantitative estimate of drug-likeness (QED) is 0.714. The molecule has 1 aliphatic heterocycles. The van der Waals surface area contributed by atoms with Gasteiger partial charge in [-0.3, -0.25) is 9.59 Å². The van der Waals surface area contributed by atoms with E-state index >= 15 is 0 Å². The highest BCUT2D eigenvalue weighted by molar-refractivity contribution is 5.87. The van der Waals surface area contributed by atoms with Crippen LogP contribution in [0, 0.1) is 0 Å². The largest absolute Gasteiger partial charge is 0.372 e. The second-order valence-corrected chi connectivity index (χ2v) is 5.76. The molecule has 0 aromatic rings. The summed E-state index contributed by atoms with van der Waals surface area (Å²) >= 11 is 0. The summed E-state index contributed by atoms with van der Waals surface area (Å²) < 4.78 is 5.60. The van der Waals surface area contributed by atoms with Crippen LogP contribution in [0.5, 0.6) is 0 Å². The fraction of sp³-hybridized carbons (Fsp3) is 0.733. The molecule has 0 unspecified atom stereocenters. The molecule has 120 valence electrons. The van der Waals surface area contributed by atoms with E-state index in [4.69, 9.17) is 4.74 Å². The third kappa shape index (κ3) is 7.24. The molecule has 1 saturated heterocycles. The van der Waals surface area contributed by atoms with Crippen molar-refractivity contribution in [2.75, 3.05) is 40.3 Å². The van der Waals surface area contributed by atoms with Crippen LogP contribution in [0.2, 0.25) is 0 Å². The number of likely N-dealkylation sites (N-methyl/N-ethyl adjacent to an activating group) is 1. The van der Waals surface area contributed by atoms with Crippen LogP contribution in [0.1, 0.15) is 20.3 Å². The topological polar surface area (TPSA) is 61.9 Å². The van der Waals surface area contributed by atoms with Crippen molar-refractivity contribution in [3.05, 3.63) is 12.2 Å². The number of amides is 2. The Morgan fingerprint density at radius 1 is 1.29 bits per heavy atom. The standard InChI is InChI=1S/C15H27N3O3/c1-12-10-18(11-13(2)21-12)15(20)7-8-16-14(19)6-5-9-17(3)4/h5-6,12-13H,7-11H2,1-4H3,(H,16,19)/b6-5+/t12-,13+. The number of carbonyl (C=O) groups is 2. The van der Waals surface area contributed by atoms with E-state index in [1.165, 1.54) is 6.08 Å². The van der Waals surface area contributed by atoms with Crippen molar-refractivity contribution >= 4 is 11.8 Å². The first kappa shape index (κ1) is 17.7. The summed E-state index contributed by atoms with van der Waals surface area (Å²) in [7, 11) is 3.87. The Balaban J connectivity index is 2.24. The van der Waals surface area contributed by atoms with Gasteiger partial charge in [0.2, 0.25) is 11.8 Å². The highest BCUT2D eigenvalue weighted by atomic mass is 16.5. The predicted molar refractivity (Wildman–Crippen MR) is 81.9 cm³/mol. The van der Waals surface area contributed by atoms with Gasteiger partial charge in [0, 0.05) is 38.7 Å². The molecule has 21 heavy (non-hydrogen) atoms. The molecule has 0 radical (unpaired) electrons. The van der Waals surface area contributed by atoms with Gasteiger partial charge in [-0.25, -0.2) is 0 Å². The highest BCUT2D eigenvalue weighted by Crippen LogP contribution is 2.11. The summed E-state index contributed by atoms with van der Waals surface area (Å²) in [5, 5.41) is 2.73. The molecule has 0 spiro atoms. The monoisotopic (exact) mass is 297 g/mol. The molecule has 0 saturated carbocycles. The van der Waals surface area contributed by atoms with Gasteiger partial charge < -0.3 is 19.9 Å². The normalized spacial score (nSPS) is 22.8. The molecular formula is C15H27N3O3. The number of morpholine rings is 1. The lowest BCUT2D eigenvalue weighted by Crippen LogP contribution is -2.48. The van der Waals surface area contributed by atoms with Gasteiger partial charge in [0.1, 0.15) is 0 Å². The third-order valence-corrected chi connectivity index (χ3v) is 3.15. The van der Waals surface area contributed by atoms with Crippen LogP contribution in [0.3, 0.4) is 0 Å². The van der Waals surface area contributed by atoms with Crippen LogP contribution < -0.4 is 5.32 Å². The molecule has 0 bridgehead atoms. The predicted octanol–water partition coefficient (Wildman–Crippen LogP) is 0.246. The Hall–Kier alpha value is -1.40. The summed E-state index contributed by atoms with van der Waals surface area (Å²) in [6.07, 6.45) is 3.76. The molecule has 1 fully saturated rings. The Morgan fingerprint density at radius 2 is 1.90 bits per heavy atom. The number of hydrogen-bond donors (Lipinski definition) is 1. The van der Waals surface area contributed by atoms with Crippen molar-refractivity contribution in [1.29, 1.82) is 0 Å². The van der Waals surface area contributed by atoms with Gasteiger partial charge in [0.05, 0.1) is 12.2 Å². The van der Waals surface area contributed by atoms with Crippen molar-refractivity contribution in [2.45, 2.75) is 32.5 Å². The van der Waals surface area contributed by atoms with Gasteiger partial charge in [-0.2, -0.15) is 0 Å². The molecule has 1 aliphatic rings. The Kier molecular flexibility index (Phi) is 7.39. The maximum atomic E-state index is 12.1. The van der Waals surface area contributed by atoms with Crippen molar-refractivity contribution < 1.29 is 14.3 Å². The molecule has 0 aromatic heterocycles. The van der Waals surface area contributed by atoms with Crippen LogP contribution in [-0.2, 0) is 14.3 Å². The van der Waals surface area contributed by atoms with Crippen LogP contribution in [-0.4, -0.2) is 74.1 Å². The maximum absolute atomic E-state index is 12.1. The minimum absolute atomic E-state index is 0.0644. The van der Waals surface area contributed by atoms with Crippen LogP contribution >= 0.6 is 0 Å². The Morgan fingerprint density at radius 3 is 2.48 bits per heavy atom. The molecule has 6 heteroatoms. The molecule has 6 nitrogen and oxygen atoms in total. The van der Waals surface area contributed by atoms with Crippen molar-refractivity contribution in [3.63, 3.8) is 0 Å². The number of hydrogen-bond acceptors (Lipinski definition) is 4. The van der Waals surface area contributed by atoms with Crippen LogP contribution in [0.4, 0.5) is 0 Å². The van der Waals surface area contributed by atoms with E-state index < -0.39 is 0 Å². The molecule has 1 heterocycles. The lowest BCUT2D eigenvalue weighted by molar-refractivity contribution is -0.143. The molecule has 0 aromatic carbocycles. The summed E-state index contributed by atoms with van der Waals surface area (Å²) in [4.78, 5) is 27.4. The highest BCUT2D eigenvalue weighted by Gasteiger charge is 2.25. The number of rotatable bonds is 6. The first-order chi connectivity index (χ1) is 9.88. The lowest BCUT2D eigenvalue weighted by atomic mass is 10.2. The van der Waals surface area contributed by atoms with Gasteiger partial charge >= 0.3 is 0 Å². The average molecular weight is 297 g/mol. The number of nitrogens with one attached hydrogen (secondary N) is 1. The van der Waals surface area contributed by atoms with E-state index in [1.807, 2.05) is 37.7 Å². The summed E-state index contributed by atoms with van der Waals surface area (Å²) in [6.45, 7) is 6.26. The summed E-state index contributed by atoms with van der Waals surface area (Å²) in [5.74, 6) is -0.0945. The third-order valence-electron chi connectivity index (χ3n) is 3.15. The van der Waals surface area contributed by atoms with E-state index in [0.29, 0.717) is 26.1 Å². The minimum atomic E-state index is -0.159. The molecular weight excluding hydrogens is 270 g/mol. The fourth-order valence-electron chi connectivity index (χ4n) is 2.26. The van der Waals surface area contributed by atoms with E-state index in [-0.39, 0.29) is 24.0 Å². The van der Waals surface area contributed by atoms with E-state index in [9.17, 15) is 9.59 Å². The average Bonchev–Trinajstić information content (AvgIpc) is 2.36. The number of nitrogens with zero attached hydrogens (tertiary/aromatic N) is 2. The van der Waals surface area contributed by atoms with Gasteiger partial charge in [0.25, 0.3) is 0 Å². The van der Waals surface area contributed by atoms with Crippen LogP contribution in [0.25, 0.3) is 0 Å². The van der Waals surface area contributed by atoms with E-state index in [2.05, 4.69) is 5.32 Å². The number of carbonyl (C=O) groups excluding carboxylic acids is 2. The van der Waals surface area contributed by atoms with Gasteiger partial charge in [-0.15, -0.1) is 0 Å². The molecule has 1 rings (SSSR count).